The van der Waals surface area contributed by atoms with Crippen LogP contribution >= 0.6 is 0 Å². The molecule has 0 saturated heterocycles. The molecule has 226 valence electrons. The third-order valence-electron chi connectivity index (χ3n) is 8.52. The number of aliphatic hydroxyl groups is 1. The topological polar surface area (TPSA) is 37.3 Å². The maximum absolute atomic E-state index is 12.2. The Morgan fingerprint density at radius 2 is 1.10 bits per heavy atom. The number of carbonyl (C=O) groups excluding carboxylic acids is 1. The van der Waals surface area contributed by atoms with Crippen LogP contribution in [0.4, 0.5) is 0 Å². The highest BCUT2D eigenvalue weighted by atomic mass is 16.3. The fraction of sp³-hybridized carbons (Fsp3) is 0.425. The lowest BCUT2D eigenvalue weighted by Crippen LogP contribution is -2.27. The quantitative estimate of drug-likeness (QED) is 0.267. The van der Waals surface area contributed by atoms with Crippen molar-refractivity contribution in [3.05, 3.63) is 130 Å². The maximum atomic E-state index is 12.2. The number of carbonyl (C=O) groups is 1. The number of rotatable bonds is 10. The van der Waals surface area contributed by atoms with Crippen LogP contribution in [-0.2, 0) is 4.79 Å². The molecule has 2 aliphatic carbocycles. The van der Waals surface area contributed by atoms with Gasteiger partial charge in [-0.25, -0.2) is 0 Å². The molecular weight excluding hydrogens is 512 g/mol. The van der Waals surface area contributed by atoms with Crippen molar-refractivity contribution < 1.29 is 9.90 Å². The highest BCUT2D eigenvalue weighted by molar-refractivity contribution is 5.97. The summed E-state index contributed by atoms with van der Waals surface area (Å²) in [4.78, 5) is 12.2. The zero-order valence-corrected chi connectivity index (χ0v) is 27.8. The molecule has 2 aliphatic rings. The molecule has 42 heavy (non-hydrogen) atoms. The fourth-order valence-electron chi connectivity index (χ4n) is 5.45. The molecular formula is C40H54O2. The van der Waals surface area contributed by atoms with E-state index >= 15 is 0 Å². The molecule has 0 spiro atoms. The first kappa shape index (κ1) is 35.0. The highest BCUT2D eigenvalue weighted by Crippen LogP contribution is 2.41. The van der Waals surface area contributed by atoms with E-state index in [4.69, 9.17) is 0 Å². The summed E-state index contributed by atoms with van der Waals surface area (Å²) in [7, 11) is 0. The summed E-state index contributed by atoms with van der Waals surface area (Å²) < 4.78 is 0. The molecule has 0 amide bonds. The van der Waals surface area contributed by atoms with Crippen LogP contribution in [0.3, 0.4) is 0 Å². The van der Waals surface area contributed by atoms with Crippen LogP contribution in [0.25, 0.3) is 0 Å². The van der Waals surface area contributed by atoms with E-state index in [2.05, 4.69) is 147 Å². The van der Waals surface area contributed by atoms with Gasteiger partial charge in [0.05, 0.1) is 6.10 Å². The maximum Gasteiger partial charge on any atom is 0.158 e. The van der Waals surface area contributed by atoms with Gasteiger partial charge in [-0.05, 0) is 93.9 Å². The average molecular weight is 567 g/mol. The monoisotopic (exact) mass is 566 g/mol. The van der Waals surface area contributed by atoms with Crippen molar-refractivity contribution in [1.29, 1.82) is 0 Å². The lowest BCUT2D eigenvalue weighted by Gasteiger charge is -2.35. The van der Waals surface area contributed by atoms with E-state index in [0.717, 1.165) is 41.6 Å². The Morgan fingerprint density at radius 3 is 1.62 bits per heavy atom. The van der Waals surface area contributed by atoms with E-state index < -0.39 is 0 Å². The Morgan fingerprint density at radius 1 is 0.667 bits per heavy atom. The molecule has 1 atom stereocenters. The van der Waals surface area contributed by atoms with E-state index in [9.17, 15) is 9.90 Å². The lowest BCUT2D eigenvalue weighted by molar-refractivity contribution is -0.116. The summed E-state index contributed by atoms with van der Waals surface area (Å²) >= 11 is 0. The van der Waals surface area contributed by atoms with E-state index in [1.54, 1.807) is 0 Å². The van der Waals surface area contributed by atoms with Crippen molar-refractivity contribution in [1.82, 2.24) is 0 Å². The number of Topliss-reactive ketones (excluding diaryl/α,β-unsaturated/α-hetero) is 1. The van der Waals surface area contributed by atoms with E-state index in [-0.39, 0.29) is 22.7 Å². The van der Waals surface area contributed by atoms with Crippen LogP contribution in [0.2, 0.25) is 0 Å². The van der Waals surface area contributed by atoms with Gasteiger partial charge < -0.3 is 5.11 Å². The van der Waals surface area contributed by atoms with Gasteiger partial charge in [-0.1, -0.05) is 135 Å². The molecule has 0 fully saturated rings. The molecule has 2 rings (SSSR count). The molecule has 0 aromatic rings. The summed E-state index contributed by atoms with van der Waals surface area (Å²) in [5.74, 6) is 0.273. The number of hydrogen-bond donors (Lipinski definition) is 1. The summed E-state index contributed by atoms with van der Waals surface area (Å²) in [6.07, 6.45) is 32.6. The van der Waals surface area contributed by atoms with Crippen molar-refractivity contribution in [3.8, 4) is 0 Å². The van der Waals surface area contributed by atoms with Crippen LogP contribution in [0, 0.1) is 10.8 Å². The zero-order valence-electron chi connectivity index (χ0n) is 27.8. The number of allylic oxidation sites excluding steroid dienone is 21. The first-order valence-electron chi connectivity index (χ1n) is 15.4. The van der Waals surface area contributed by atoms with Gasteiger partial charge in [-0.15, -0.1) is 0 Å². The Labute approximate surface area is 256 Å². The third-order valence-corrected chi connectivity index (χ3v) is 8.52. The number of ketones is 1. The normalized spacial score (nSPS) is 23.3. The minimum Gasteiger partial charge on any atom is -0.389 e. The average Bonchev–Trinajstić information content (AvgIpc) is 2.91. The largest absolute Gasteiger partial charge is 0.389 e. The second kappa shape index (κ2) is 15.8. The molecule has 0 aromatic heterocycles. The summed E-state index contributed by atoms with van der Waals surface area (Å²) in [6, 6.07) is 0. The van der Waals surface area contributed by atoms with Gasteiger partial charge >= 0.3 is 0 Å². The fourth-order valence-corrected chi connectivity index (χ4v) is 5.45. The van der Waals surface area contributed by atoms with Gasteiger partial charge in [-0.3, -0.25) is 4.79 Å². The zero-order chi connectivity index (χ0) is 31.5. The summed E-state index contributed by atoms with van der Waals surface area (Å²) in [5, 5.41) is 10.3. The Bertz CT molecular complexity index is 1330. The van der Waals surface area contributed by atoms with Gasteiger partial charge in [0.15, 0.2) is 5.78 Å². The standard InChI is InChI=1S/C40H54O2/c1-29(17-13-19-31(3)21-23-35-33(5)37(41)25-27-39(35,7)8)15-11-12-16-30(2)18-14-20-32(4)22-24-36-34(6)38(42)26-28-40(36,9)10/h11-24,37,41H,25-28H2,1-10H3/b12-11+,17-13+,18-14+,23-21+,24-22+,29-15-,30-16+,31-19+,32-20+/t37-/m1/s1. The third kappa shape index (κ3) is 10.9. The van der Waals surface area contributed by atoms with Gasteiger partial charge in [0, 0.05) is 6.42 Å². The molecule has 0 saturated carbocycles. The van der Waals surface area contributed by atoms with Crippen molar-refractivity contribution in [3.63, 3.8) is 0 Å². The van der Waals surface area contributed by atoms with Crippen molar-refractivity contribution in [2.45, 2.75) is 101 Å². The van der Waals surface area contributed by atoms with Crippen LogP contribution in [0.5, 0.6) is 0 Å². The van der Waals surface area contributed by atoms with Crippen molar-refractivity contribution in [2.75, 3.05) is 0 Å². The summed E-state index contributed by atoms with van der Waals surface area (Å²) in [5.41, 5.74) is 9.24. The Kier molecular flexibility index (Phi) is 13.2. The predicted octanol–water partition coefficient (Wildman–Crippen LogP) is 10.8. The Balaban J connectivity index is 1.92. The minimum atomic E-state index is -0.318. The van der Waals surface area contributed by atoms with Crippen LogP contribution < -0.4 is 0 Å². The molecule has 0 bridgehead atoms. The van der Waals surface area contributed by atoms with E-state index in [1.165, 1.54) is 22.3 Å². The van der Waals surface area contributed by atoms with Crippen LogP contribution in [0.1, 0.15) is 94.9 Å². The molecule has 2 nitrogen and oxygen atoms in total. The smallest absolute Gasteiger partial charge is 0.158 e. The van der Waals surface area contributed by atoms with Crippen molar-refractivity contribution >= 4 is 5.78 Å². The second-order valence-corrected chi connectivity index (χ2v) is 13.3. The Hall–Kier alpha value is -3.23. The molecule has 0 radical (unpaired) electrons. The van der Waals surface area contributed by atoms with Gasteiger partial charge in [0.1, 0.15) is 0 Å². The first-order chi connectivity index (χ1) is 19.6. The van der Waals surface area contributed by atoms with Gasteiger partial charge in [0.25, 0.3) is 0 Å². The first-order valence-corrected chi connectivity index (χ1v) is 15.4. The van der Waals surface area contributed by atoms with E-state index in [1.807, 2.05) is 6.92 Å². The number of aliphatic hydroxyl groups excluding tert-OH is 1. The van der Waals surface area contributed by atoms with E-state index in [0.29, 0.717) is 6.42 Å². The lowest BCUT2D eigenvalue weighted by atomic mass is 9.71. The molecule has 0 heterocycles. The van der Waals surface area contributed by atoms with Crippen LogP contribution in [-0.4, -0.2) is 17.0 Å². The molecule has 2 heteroatoms. The van der Waals surface area contributed by atoms with Crippen molar-refractivity contribution in [2.24, 2.45) is 10.8 Å². The van der Waals surface area contributed by atoms with Crippen LogP contribution in [0.15, 0.2) is 130 Å². The predicted molar refractivity (Wildman–Crippen MR) is 183 cm³/mol. The molecule has 0 unspecified atom stereocenters. The number of hydrogen-bond acceptors (Lipinski definition) is 2. The second-order valence-electron chi connectivity index (χ2n) is 13.3. The molecule has 0 aromatic carbocycles. The highest BCUT2D eigenvalue weighted by Gasteiger charge is 2.31. The summed E-state index contributed by atoms with van der Waals surface area (Å²) in [6.45, 7) is 21.4. The van der Waals surface area contributed by atoms with Gasteiger partial charge in [-0.2, -0.15) is 0 Å². The SMILES string of the molecule is CC1=C(/C=C/C(C)=C/C=C/C(C)=C/C=C/C=C(C)\C=C\C=C(C)\C=C\C2=C(C)[C@H](O)CCC2(C)C)C(C)(C)CCC1=O. The molecule has 0 aliphatic heterocycles. The molecule has 1 N–H and O–H groups in total. The van der Waals surface area contributed by atoms with Gasteiger partial charge in [0.2, 0.25) is 0 Å². The minimum absolute atomic E-state index is 0.0428.